The van der Waals surface area contributed by atoms with E-state index in [1.54, 1.807) is 6.20 Å². The van der Waals surface area contributed by atoms with Crippen LogP contribution in [0.2, 0.25) is 5.02 Å². The first-order chi connectivity index (χ1) is 11.1. The molecule has 0 saturated heterocycles. The molecule has 3 N–H and O–H groups in total. The van der Waals surface area contributed by atoms with Gasteiger partial charge in [0.25, 0.3) is 0 Å². The molecule has 3 rings (SSSR count). The van der Waals surface area contributed by atoms with Crippen molar-refractivity contribution in [2.45, 2.75) is 26.2 Å². The Balaban J connectivity index is 2.18. The van der Waals surface area contributed by atoms with Gasteiger partial charge in [0.05, 0.1) is 11.2 Å². The Kier molecular flexibility index (Phi) is 5.05. The topological polar surface area (TPSA) is 54.7 Å². The molecule has 0 radical (unpaired) electrons. The smallest absolute Gasteiger partial charge is 0.0513 e. The van der Waals surface area contributed by atoms with Crippen LogP contribution < -0.4 is 5.73 Å². The summed E-state index contributed by atoms with van der Waals surface area (Å²) >= 11 is 9.79. The Labute approximate surface area is 149 Å². The van der Waals surface area contributed by atoms with Gasteiger partial charge in [-0.25, -0.2) is 0 Å². The van der Waals surface area contributed by atoms with Gasteiger partial charge in [-0.3, -0.25) is 4.98 Å². The molecule has 0 bridgehead atoms. The van der Waals surface area contributed by atoms with E-state index in [2.05, 4.69) is 38.0 Å². The third kappa shape index (κ3) is 3.30. The van der Waals surface area contributed by atoms with E-state index < -0.39 is 0 Å². The van der Waals surface area contributed by atoms with E-state index in [1.807, 2.05) is 19.2 Å². The zero-order chi connectivity index (χ0) is 16.4. The minimum Gasteiger partial charge on any atom is -0.354 e. The minimum absolute atomic E-state index is 0.723. The van der Waals surface area contributed by atoms with Gasteiger partial charge in [-0.15, -0.1) is 0 Å². The summed E-state index contributed by atoms with van der Waals surface area (Å²) in [6, 6.07) is 6.16. The number of unbranched alkanes of at least 4 members (excludes halogenated alkanes) is 1. The van der Waals surface area contributed by atoms with Crippen LogP contribution in [0.3, 0.4) is 0 Å². The molecule has 3 nitrogen and oxygen atoms in total. The molecule has 0 fully saturated rings. The molecule has 2 aromatic heterocycles. The second-order valence-electron chi connectivity index (χ2n) is 5.71. The normalized spacial score (nSPS) is 11.3. The molecule has 5 heteroatoms. The Morgan fingerprint density at radius 1 is 1.26 bits per heavy atom. The molecule has 0 atom stereocenters. The van der Waals surface area contributed by atoms with Crippen molar-refractivity contribution >= 4 is 38.4 Å². The first-order valence-corrected chi connectivity index (χ1v) is 8.89. The van der Waals surface area contributed by atoms with Crippen LogP contribution in [0, 0.1) is 6.92 Å². The first kappa shape index (κ1) is 16.5. The van der Waals surface area contributed by atoms with Crippen molar-refractivity contribution in [2.75, 3.05) is 6.54 Å². The summed E-state index contributed by atoms with van der Waals surface area (Å²) < 4.78 is 0.969. The first-order valence-electron chi connectivity index (χ1n) is 7.72. The summed E-state index contributed by atoms with van der Waals surface area (Å²) in [5.74, 6) is 0. The third-order valence-corrected chi connectivity index (χ3v) is 4.99. The Morgan fingerprint density at radius 3 is 2.83 bits per heavy atom. The lowest BCUT2D eigenvalue weighted by Crippen LogP contribution is -1.99. The van der Waals surface area contributed by atoms with E-state index in [-0.39, 0.29) is 0 Å². The van der Waals surface area contributed by atoms with Crippen LogP contribution in [0.15, 0.2) is 35.1 Å². The summed E-state index contributed by atoms with van der Waals surface area (Å²) in [4.78, 5) is 7.86. The maximum absolute atomic E-state index is 6.29. The zero-order valence-electron chi connectivity index (χ0n) is 13.0. The number of halogens is 2. The average molecular weight is 393 g/mol. The Hall–Kier alpha value is -1.36. The predicted octanol–water partition coefficient (Wildman–Crippen LogP) is 5.24. The predicted molar refractivity (Wildman–Crippen MR) is 101 cm³/mol. The van der Waals surface area contributed by atoms with E-state index in [0.717, 1.165) is 57.6 Å². The van der Waals surface area contributed by atoms with Crippen molar-refractivity contribution in [2.24, 2.45) is 5.73 Å². The van der Waals surface area contributed by atoms with Gasteiger partial charge < -0.3 is 10.7 Å². The molecule has 0 saturated carbocycles. The largest absolute Gasteiger partial charge is 0.354 e. The van der Waals surface area contributed by atoms with Crippen molar-refractivity contribution in [3.63, 3.8) is 0 Å². The summed E-state index contributed by atoms with van der Waals surface area (Å²) in [5.41, 5.74) is 11.4. The number of nitrogens with two attached hydrogens (primary N) is 1. The molecule has 3 aromatic rings. The Morgan fingerprint density at radius 2 is 2.09 bits per heavy atom. The number of hydrogen-bond donors (Lipinski definition) is 2. The second kappa shape index (κ2) is 7.04. The van der Waals surface area contributed by atoms with E-state index in [9.17, 15) is 0 Å². The number of hydrogen-bond acceptors (Lipinski definition) is 2. The van der Waals surface area contributed by atoms with Crippen LogP contribution in [-0.4, -0.2) is 16.5 Å². The highest BCUT2D eigenvalue weighted by Crippen LogP contribution is 2.35. The summed E-state index contributed by atoms with van der Waals surface area (Å²) in [7, 11) is 0. The SMILES string of the molecule is Cc1c(Cl)ccc2c(CCCCN)c(-c3cncc(Br)c3)[nH]c12. The van der Waals surface area contributed by atoms with Gasteiger partial charge in [0, 0.05) is 32.8 Å². The van der Waals surface area contributed by atoms with Crippen LogP contribution >= 0.6 is 27.5 Å². The number of aromatic amines is 1. The number of nitrogens with zero attached hydrogens (tertiary/aromatic N) is 1. The van der Waals surface area contributed by atoms with E-state index >= 15 is 0 Å². The molecule has 1 aromatic carbocycles. The highest BCUT2D eigenvalue weighted by molar-refractivity contribution is 9.10. The molecular formula is C18H19BrClN3. The fraction of sp³-hybridized carbons (Fsp3) is 0.278. The lowest BCUT2D eigenvalue weighted by molar-refractivity contribution is 0.748. The van der Waals surface area contributed by atoms with Crippen LogP contribution in [0.1, 0.15) is 24.0 Å². The number of pyridine rings is 1. The standard InChI is InChI=1S/C18H19BrClN3/c1-11-16(20)6-5-15-14(4-2-3-7-21)18(23-17(11)15)12-8-13(19)10-22-9-12/h5-6,8-10,23H,2-4,7,21H2,1H3. The third-order valence-electron chi connectivity index (χ3n) is 4.15. The van der Waals surface area contributed by atoms with E-state index in [0.29, 0.717) is 0 Å². The molecule has 120 valence electrons. The van der Waals surface area contributed by atoms with Gasteiger partial charge >= 0.3 is 0 Å². The number of H-pyrrole nitrogens is 1. The van der Waals surface area contributed by atoms with Gasteiger partial charge in [-0.2, -0.15) is 0 Å². The quantitative estimate of drug-likeness (QED) is 0.584. The summed E-state index contributed by atoms with van der Waals surface area (Å²) in [5, 5.41) is 2.02. The molecule has 0 aliphatic rings. The Bertz CT molecular complexity index is 842. The number of nitrogens with one attached hydrogen (secondary N) is 1. The molecule has 0 unspecified atom stereocenters. The van der Waals surface area contributed by atoms with Crippen molar-refractivity contribution in [3.8, 4) is 11.3 Å². The van der Waals surface area contributed by atoms with Crippen molar-refractivity contribution in [1.82, 2.24) is 9.97 Å². The van der Waals surface area contributed by atoms with Crippen molar-refractivity contribution in [3.05, 3.63) is 51.2 Å². The average Bonchev–Trinajstić information content (AvgIpc) is 2.91. The van der Waals surface area contributed by atoms with Gasteiger partial charge in [0.15, 0.2) is 0 Å². The van der Waals surface area contributed by atoms with Gasteiger partial charge in [-0.1, -0.05) is 17.7 Å². The molecule has 0 aliphatic carbocycles. The van der Waals surface area contributed by atoms with Gasteiger partial charge in [0.2, 0.25) is 0 Å². The summed E-state index contributed by atoms with van der Waals surface area (Å²) in [6.07, 6.45) is 6.76. The maximum atomic E-state index is 6.29. The highest BCUT2D eigenvalue weighted by Gasteiger charge is 2.15. The van der Waals surface area contributed by atoms with E-state index in [4.69, 9.17) is 17.3 Å². The van der Waals surface area contributed by atoms with Crippen LogP contribution in [0.4, 0.5) is 0 Å². The molecule has 23 heavy (non-hydrogen) atoms. The number of benzene rings is 1. The number of rotatable bonds is 5. The molecule has 2 heterocycles. The summed E-state index contributed by atoms with van der Waals surface area (Å²) in [6.45, 7) is 2.77. The van der Waals surface area contributed by atoms with Gasteiger partial charge in [0.1, 0.15) is 0 Å². The van der Waals surface area contributed by atoms with Crippen LogP contribution in [0.5, 0.6) is 0 Å². The lowest BCUT2D eigenvalue weighted by Gasteiger charge is -2.05. The minimum atomic E-state index is 0.723. The lowest BCUT2D eigenvalue weighted by atomic mass is 10.0. The number of aromatic nitrogens is 2. The monoisotopic (exact) mass is 391 g/mol. The fourth-order valence-electron chi connectivity index (χ4n) is 2.93. The zero-order valence-corrected chi connectivity index (χ0v) is 15.3. The fourth-order valence-corrected chi connectivity index (χ4v) is 3.46. The molecular weight excluding hydrogens is 374 g/mol. The van der Waals surface area contributed by atoms with E-state index in [1.165, 1.54) is 10.9 Å². The maximum Gasteiger partial charge on any atom is 0.0513 e. The van der Waals surface area contributed by atoms with Crippen LogP contribution in [0.25, 0.3) is 22.2 Å². The highest BCUT2D eigenvalue weighted by atomic mass is 79.9. The van der Waals surface area contributed by atoms with Gasteiger partial charge in [-0.05, 0) is 71.9 Å². The van der Waals surface area contributed by atoms with Crippen molar-refractivity contribution < 1.29 is 0 Å². The van der Waals surface area contributed by atoms with Crippen molar-refractivity contribution in [1.29, 1.82) is 0 Å². The molecule has 0 spiro atoms. The molecule has 0 aliphatic heterocycles. The number of fused-ring (bicyclic) bond motifs is 1. The second-order valence-corrected chi connectivity index (χ2v) is 7.03. The molecule has 0 amide bonds. The van der Waals surface area contributed by atoms with Crippen LogP contribution in [-0.2, 0) is 6.42 Å². The number of aryl methyl sites for hydroxylation is 2.